The van der Waals surface area contributed by atoms with Gasteiger partial charge in [0.25, 0.3) is 11.7 Å². The second-order valence-corrected chi connectivity index (χ2v) is 9.31. The Balaban J connectivity index is 1.54. The molecule has 0 unspecified atom stereocenters. The van der Waals surface area contributed by atoms with Gasteiger partial charge in [0.05, 0.1) is 11.6 Å². The molecule has 0 bridgehead atoms. The van der Waals surface area contributed by atoms with E-state index in [1.165, 1.54) is 4.90 Å². The molecule has 1 amide bonds. The number of amides is 1. The van der Waals surface area contributed by atoms with E-state index in [0.717, 1.165) is 39.6 Å². The number of hydrogen-bond donors (Lipinski definition) is 1. The van der Waals surface area contributed by atoms with Crippen LogP contribution in [0.5, 0.6) is 5.75 Å². The first-order valence-electron chi connectivity index (χ1n) is 12.0. The van der Waals surface area contributed by atoms with E-state index in [2.05, 4.69) is 4.98 Å². The van der Waals surface area contributed by atoms with Gasteiger partial charge < -0.3 is 14.7 Å². The van der Waals surface area contributed by atoms with Crippen LogP contribution in [0.2, 0.25) is 0 Å². The van der Waals surface area contributed by atoms with Crippen LogP contribution in [0.1, 0.15) is 35.2 Å². The molecule has 0 spiro atoms. The summed E-state index contributed by atoms with van der Waals surface area (Å²) in [6, 6.07) is 22.0. The second kappa shape index (κ2) is 8.64. The molecule has 6 nitrogen and oxygen atoms in total. The Morgan fingerprint density at radius 1 is 1.06 bits per heavy atom. The van der Waals surface area contributed by atoms with Crippen molar-refractivity contribution >= 4 is 28.2 Å². The number of Topliss-reactive ketones (excluding diaryl/α,β-unsaturated/α-hetero) is 1. The largest absolute Gasteiger partial charge is 0.507 e. The van der Waals surface area contributed by atoms with Crippen LogP contribution in [0, 0.1) is 0 Å². The minimum Gasteiger partial charge on any atom is -0.507 e. The molecule has 1 saturated heterocycles. The summed E-state index contributed by atoms with van der Waals surface area (Å²) in [6.07, 6.45) is 4.12. The third-order valence-corrected chi connectivity index (χ3v) is 6.90. The van der Waals surface area contributed by atoms with Gasteiger partial charge in [-0.3, -0.25) is 14.6 Å². The monoisotopic (exact) mass is 476 g/mol. The smallest absolute Gasteiger partial charge is 0.295 e. The molecule has 3 heterocycles. The fourth-order valence-corrected chi connectivity index (χ4v) is 5.27. The zero-order valence-corrected chi connectivity index (χ0v) is 19.7. The fraction of sp³-hybridized carbons (Fsp3) is 0.167. The predicted octanol–water partition coefficient (Wildman–Crippen LogP) is 5.18. The number of carbonyl (C=O) groups is 2. The molecular formula is C30H24N2O4. The number of aliphatic hydroxyl groups excluding tert-OH is 1. The topological polar surface area (TPSA) is 79.7 Å². The molecule has 0 radical (unpaired) electrons. The van der Waals surface area contributed by atoms with Crippen molar-refractivity contribution in [2.24, 2.45) is 0 Å². The molecule has 0 aliphatic carbocycles. The zero-order valence-electron chi connectivity index (χ0n) is 19.7. The van der Waals surface area contributed by atoms with Crippen molar-refractivity contribution < 1.29 is 19.4 Å². The zero-order chi connectivity index (χ0) is 24.8. The highest BCUT2D eigenvalue weighted by Gasteiger charge is 2.46. The lowest BCUT2D eigenvalue weighted by atomic mass is 9.91. The van der Waals surface area contributed by atoms with Crippen molar-refractivity contribution in [2.75, 3.05) is 0 Å². The predicted molar refractivity (Wildman–Crippen MR) is 136 cm³/mol. The standard InChI is InChI=1S/C30H24N2O4/c1-18-14-22-15-21(11-12-25(22)36-18)28(33)26-27(24-10-4-8-20-7-2-3-9-23(20)24)32(30(35)29(26)34)17-19-6-5-13-31-16-19/h2-13,15-16,18,27,33H,14,17H2,1H3/t18-,27-/m0/s1. The van der Waals surface area contributed by atoms with E-state index >= 15 is 0 Å². The van der Waals surface area contributed by atoms with Gasteiger partial charge in [0.1, 0.15) is 17.6 Å². The van der Waals surface area contributed by atoms with Gasteiger partial charge in [-0.05, 0) is 58.7 Å². The van der Waals surface area contributed by atoms with Gasteiger partial charge in [0, 0.05) is 30.9 Å². The average Bonchev–Trinajstić information content (AvgIpc) is 3.39. The van der Waals surface area contributed by atoms with Crippen LogP contribution in [-0.2, 0) is 22.6 Å². The number of hydrogen-bond acceptors (Lipinski definition) is 5. The third-order valence-electron chi connectivity index (χ3n) is 6.90. The van der Waals surface area contributed by atoms with Crippen LogP contribution < -0.4 is 4.74 Å². The number of aromatic nitrogens is 1. The summed E-state index contributed by atoms with van der Waals surface area (Å²) in [5, 5.41) is 13.4. The van der Waals surface area contributed by atoms with Crippen molar-refractivity contribution in [3.05, 3.63) is 113 Å². The summed E-state index contributed by atoms with van der Waals surface area (Å²) in [5.41, 5.74) is 3.14. The van der Waals surface area contributed by atoms with Gasteiger partial charge in [-0.1, -0.05) is 48.5 Å². The summed E-state index contributed by atoms with van der Waals surface area (Å²) >= 11 is 0. The lowest BCUT2D eigenvalue weighted by Gasteiger charge is -2.26. The highest BCUT2D eigenvalue weighted by molar-refractivity contribution is 6.46. The van der Waals surface area contributed by atoms with Crippen LogP contribution >= 0.6 is 0 Å². The van der Waals surface area contributed by atoms with Gasteiger partial charge in [-0.15, -0.1) is 0 Å². The first-order valence-corrected chi connectivity index (χ1v) is 12.0. The van der Waals surface area contributed by atoms with E-state index in [-0.39, 0.29) is 24.0 Å². The molecule has 178 valence electrons. The van der Waals surface area contributed by atoms with Gasteiger partial charge in [0.2, 0.25) is 0 Å². The maximum absolute atomic E-state index is 13.5. The maximum atomic E-state index is 13.5. The first kappa shape index (κ1) is 22.0. The van der Waals surface area contributed by atoms with Gasteiger partial charge in [0.15, 0.2) is 0 Å². The van der Waals surface area contributed by atoms with Crippen molar-refractivity contribution in [3.8, 4) is 5.75 Å². The molecule has 6 heteroatoms. The SMILES string of the molecule is C[C@H]1Cc2cc(C(O)=C3C(=O)C(=O)N(Cc4cccnc4)[C@H]3c3cccc4ccccc34)ccc2O1. The lowest BCUT2D eigenvalue weighted by Crippen LogP contribution is -2.29. The Bertz CT molecular complexity index is 1540. The lowest BCUT2D eigenvalue weighted by molar-refractivity contribution is -0.140. The van der Waals surface area contributed by atoms with Crippen LogP contribution in [0.3, 0.4) is 0 Å². The minimum absolute atomic E-state index is 0.0538. The van der Waals surface area contributed by atoms with E-state index in [1.54, 1.807) is 24.5 Å². The van der Waals surface area contributed by atoms with Crippen LogP contribution in [0.25, 0.3) is 16.5 Å². The van der Waals surface area contributed by atoms with Crippen molar-refractivity contribution in [1.29, 1.82) is 0 Å². The molecule has 2 aliphatic heterocycles. The number of aliphatic hydroxyl groups is 1. The summed E-state index contributed by atoms with van der Waals surface area (Å²) in [7, 11) is 0. The molecular weight excluding hydrogens is 452 g/mol. The third kappa shape index (κ3) is 3.62. The number of ether oxygens (including phenoxy) is 1. The van der Waals surface area contributed by atoms with Crippen LogP contribution in [0.15, 0.2) is 90.8 Å². The van der Waals surface area contributed by atoms with Gasteiger partial charge in [-0.2, -0.15) is 0 Å². The summed E-state index contributed by atoms with van der Waals surface area (Å²) in [6.45, 7) is 2.18. The van der Waals surface area contributed by atoms with E-state index in [0.29, 0.717) is 5.56 Å². The molecule has 1 fully saturated rings. The first-order chi connectivity index (χ1) is 17.5. The van der Waals surface area contributed by atoms with Crippen molar-refractivity contribution in [2.45, 2.75) is 32.0 Å². The summed E-state index contributed by atoms with van der Waals surface area (Å²) < 4.78 is 5.79. The second-order valence-electron chi connectivity index (χ2n) is 9.31. The molecule has 0 saturated carbocycles. The summed E-state index contributed by atoms with van der Waals surface area (Å²) in [4.78, 5) is 32.6. The Kier molecular flexibility index (Phi) is 5.29. The van der Waals surface area contributed by atoms with E-state index in [1.807, 2.05) is 67.6 Å². The Hall–Kier alpha value is -4.45. The normalized spacial score (nSPS) is 20.5. The van der Waals surface area contributed by atoms with Crippen molar-refractivity contribution in [1.82, 2.24) is 9.88 Å². The quantitative estimate of drug-likeness (QED) is 0.249. The molecule has 3 aromatic carbocycles. The van der Waals surface area contributed by atoms with E-state index in [9.17, 15) is 14.7 Å². The van der Waals surface area contributed by atoms with Crippen molar-refractivity contribution in [3.63, 3.8) is 0 Å². The molecule has 4 aromatic rings. The van der Waals surface area contributed by atoms with Gasteiger partial charge in [-0.25, -0.2) is 0 Å². The highest BCUT2D eigenvalue weighted by atomic mass is 16.5. The number of benzene rings is 3. The molecule has 36 heavy (non-hydrogen) atoms. The highest BCUT2D eigenvalue weighted by Crippen LogP contribution is 2.43. The Morgan fingerprint density at radius 3 is 2.72 bits per heavy atom. The van der Waals surface area contributed by atoms with E-state index < -0.39 is 17.7 Å². The van der Waals surface area contributed by atoms with E-state index in [4.69, 9.17) is 4.74 Å². The Labute approximate surface area is 208 Å². The fourth-order valence-electron chi connectivity index (χ4n) is 5.27. The number of ketones is 1. The molecule has 1 aromatic heterocycles. The number of nitrogens with zero attached hydrogens (tertiary/aromatic N) is 2. The van der Waals surface area contributed by atoms with Crippen LogP contribution in [0.4, 0.5) is 0 Å². The number of fused-ring (bicyclic) bond motifs is 2. The van der Waals surface area contributed by atoms with Gasteiger partial charge >= 0.3 is 0 Å². The number of pyridine rings is 1. The molecule has 2 aliphatic rings. The molecule has 1 N–H and O–H groups in total. The number of rotatable bonds is 4. The Morgan fingerprint density at radius 2 is 1.89 bits per heavy atom. The summed E-state index contributed by atoms with van der Waals surface area (Å²) in [5.74, 6) is -0.736. The molecule has 6 rings (SSSR count). The number of likely N-dealkylation sites (tertiary alicyclic amines) is 1. The number of carbonyl (C=O) groups excluding carboxylic acids is 2. The minimum atomic E-state index is -0.750. The average molecular weight is 477 g/mol. The maximum Gasteiger partial charge on any atom is 0.295 e. The van der Waals surface area contributed by atoms with Crippen LogP contribution in [-0.4, -0.2) is 32.8 Å². The molecule has 2 atom stereocenters.